The van der Waals surface area contributed by atoms with Crippen LogP contribution < -0.4 is 5.32 Å². The van der Waals surface area contributed by atoms with Crippen molar-refractivity contribution in [1.29, 1.82) is 0 Å². The number of urea groups is 1. The standard InChI is InChI=1S/C14H23N3O2/c1-4-10(3)15-14(18)17-8-6-7-12(17)13-9-11(5-2)16-19-13/h9-10,12H,4-8H2,1-3H3,(H,15,18)/t10-,12-/m1/s1. The molecule has 0 radical (unpaired) electrons. The Kier molecular flexibility index (Phi) is 4.45. The number of likely N-dealkylation sites (tertiary alicyclic amines) is 1. The zero-order valence-electron chi connectivity index (χ0n) is 12.0. The second kappa shape index (κ2) is 6.08. The van der Waals surface area contributed by atoms with Crippen LogP contribution in [-0.2, 0) is 6.42 Å². The van der Waals surface area contributed by atoms with Crippen LogP contribution in [0.5, 0.6) is 0 Å². The second-order valence-electron chi connectivity index (χ2n) is 5.18. The van der Waals surface area contributed by atoms with Gasteiger partial charge in [0.25, 0.3) is 0 Å². The number of rotatable bonds is 4. The minimum atomic E-state index is 0.00583. The van der Waals surface area contributed by atoms with Crippen molar-refractivity contribution in [1.82, 2.24) is 15.4 Å². The van der Waals surface area contributed by atoms with Crippen LogP contribution in [0.15, 0.2) is 10.6 Å². The Balaban J connectivity index is 2.06. The maximum absolute atomic E-state index is 12.2. The maximum Gasteiger partial charge on any atom is 0.318 e. The summed E-state index contributed by atoms with van der Waals surface area (Å²) < 4.78 is 5.38. The number of aryl methyl sites for hydroxylation is 1. The van der Waals surface area contributed by atoms with E-state index in [9.17, 15) is 4.79 Å². The van der Waals surface area contributed by atoms with Gasteiger partial charge in [0.2, 0.25) is 0 Å². The van der Waals surface area contributed by atoms with Gasteiger partial charge in [-0.25, -0.2) is 4.79 Å². The van der Waals surface area contributed by atoms with Gasteiger partial charge in [0, 0.05) is 18.7 Å². The molecule has 2 rings (SSSR count). The summed E-state index contributed by atoms with van der Waals surface area (Å²) in [6, 6.07) is 2.22. The highest BCUT2D eigenvalue weighted by Crippen LogP contribution is 2.32. The first-order valence-electron chi connectivity index (χ1n) is 7.18. The molecule has 1 aromatic heterocycles. The predicted octanol–water partition coefficient (Wildman–Crippen LogP) is 2.88. The van der Waals surface area contributed by atoms with Gasteiger partial charge in [0.05, 0.1) is 11.7 Å². The van der Waals surface area contributed by atoms with E-state index in [4.69, 9.17) is 4.52 Å². The van der Waals surface area contributed by atoms with Crippen LogP contribution in [0, 0.1) is 0 Å². The molecule has 0 saturated carbocycles. The van der Waals surface area contributed by atoms with E-state index < -0.39 is 0 Å². The molecule has 19 heavy (non-hydrogen) atoms. The molecular weight excluding hydrogens is 242 g/mol. The van der Waals surface area contributed by atoms with Gasteiger partial charge in [-0.05, 0) is 32.6 Å². The van der Waals surface area contributed by atoms with Crippen molar-refractivity contribution in [2.45, 2.75) is 58.5 Å². The van der Waals surface area contributed by atoms with Crippen molar-refractivity contribution >= 4 is 6.03 Å². The number of nitrogens with zero attached hydrogens (tertiary/aromatic N) is 2. The van der Waals surface area contributed by atoms with Crippen LogP contribution in [0.4, 0.5) is 4.79 Å². The van der Waals surface area contributed by atoms with Crippen LogP contribution in [0.2, 0.25) is 0 Å². The highest BCUT2D eigenvalue weighted by Gasteiger charge is 2.33. The molecule has 1 N–H and O–H groups in total. The van der Waals surface area contributed by atoms with Gasteiger partial charge in [-0.15, -0.1) is 0 Å². The Morgan fingerprint density at radius 2 is 2.42 bits per heavy atom. The molecule has 5 nitrogen and oxygen atoms in total. The molecule has 1 saturated heterocycles. The molecule has 106 valence electrons. The smallest absolute Gasteiger partial charge is 0.318 e. The average molecular weight is 265 g/mol. The van der Waals surface area contributed by atoms with E-state index in [2.05, 4.69) is 17.4 Å². The summed E-state index contributed by atoms with van der Waals surface area (Å²) in [6.07, 6.45) is 3.76. The number of carbonyl (C=O) groups excluding carboxylic acids is 1. The van der Waals surface area contributed by atoms with Crippen molar-refractivity contribution in [3.63, 3.8) is 0 Å². The van der Waals surface area contributed by atoms with Gasteiger partial charge in [-0.3, -0.25) is 0 Å². The molecule has 1 fully saturated rings. The molecule has 0 aromatic carbocycles. The summed E-state index contributed by atoms with van der Waals surface area (Å²) in [4.78, 5) is 14.1. The monoisotopic (exact) mass is 265 g/mol. The molecule has 2 heterocycles. The Morgan fingerprint density at radius 3 is 3.05 bits per heavy atom. The zero-order chi connectivity index (χ0) is 13.8. The van der Waals surface area contributed by atoms with Gasteiger partial charge in [-0.1, -0.05) is 19.0 Å². The number of nitrogens with one attached hydrogen (secondary N) is 1. The van der Waals surface area contributed by atoms with Gasteiger partial charge < -0.3 is 14.7 Å². The summed E-state index contributed by atoms with van der Waals surface area (Å²) in [5, 5.41) is 7.03. The lowest BCUT2D eigenvalue weighted by Gasteiger charge is -2.24. The quantitative estimate of drug-likeness (QED) is 0.910. The van der Waals surface area contributed by atoms with Gasteiger partial charge in [-0.2, -0.15) is 0 Å². The summed E-state index contributed by atoms with van der Waals surface area (Å²) >= 11 is 0. The Morgan fingerprint density at radius 1 is 1.63 bits per heavy atom. The van der Waals surface area contributed by atoms with Crippen molar-refractivity contribution in [2.75, 3.05) is 6.54 Å². The Labute approximate surface area is 114 Å². The van der Waals surface area contributed by atoms with E-state index in [0.717, 1.165) is 43.7 Å². The molecule has 2 amide bonds. The molecule has 1 aromatic rings. The predicted molar refractivity (Wildman–Crippen MR) is 72.8 cm³/mol. The van der Waals surface area contributed by atoms with Crippen molar-refractivity contribution in [2.24, 2.45) is 0 Å². The number of hydrogen-bond acceptors (Lipinski definition) is 3. The van der Waals surface area contributed by atoms with E-state index in [-0.39, 0.29) is 18.1 Å². The maximum atomic E-state index is 12.2. The van der Waals surface area contributed by atoms with Crippen LogP contribution in [0.25, 0.3) is 0 Å². The highest BCUT2D eigenvalue weighted by atomic mass is 16.5. The summed E-state index contributed by atoms with van der Waals surface area (Å²) in [5.74, 6) is 0.814. The van der Waals surface area contributed by atoms with E-state index in [1.807, 2.05) is 24.8 Å². The molecule has 1 aliphatic heterocycles. The third-order valence-electron chi connectivity index (χ3n) is 3.76. The third kappa shape index (κ3) is 3.08. The first-order valence-corrected chi connectivity index (χ1v) is 7.18. The Hall–Kier alpha value is -1.52. The summed E-state index contributed by atoms with van der Waals surface area (Å²) in [5.41, 5.74) is 0.948. The zero-order valence-corrected chi connectivity index (χ0v) is 12.0. The molecule has 2 atom stereocenters. The minimum Gasteiger partial charge on any atom is -0.359 e. The molecule has 1 aliphatic rings. The van der Waals surface area contributed by atoms with E-state index in [0.29, 0.717) is 0 Å². The first-order chi connectivity index (χ1) is 9.15. The lowest BCUT2D eigenvalue weighted by atomic mass is 10.1. The van der Waals surface area contributed by atoms with Crippen molar-refractivity contribution in [3.8, 4) is 0 Å². The summed E-state index contributed by atoms with van der Waals surface area (Å²) in [6.45, 7) is 6.92. The van der Waals surface area contributed by atoms with Gasteiger partial charge >= 0.3 is 6.03 Å². The van der Waals surface area contributed by atoms with Crippen LogP contribution in [0.3, 0.4) is 0 Å². The van der Waals surface area contributed by atoms with Crippen molar-refractivity contribution in [3.05, 3.63) is 17.5 Å². The normalized spacial score (nSPS) is 20.6. The molecule has 5 heteroatoms. The third-order valence-corrected chi connectivity index (χ3v) is 3.76. The first kappa shape index (κ1) is 13.9. The van der Waals surface area contributed by atoms with E-state index in [1.54, 1.807) is 0 Å². The summed E-state index contributed by atoms with van der Waals surface area (Å²) in [7, 11) is 0. The topological polar surface area (TPSA) is 58.4 Å². The molecular formula is C14H23N3O2. The largest absolute Gasteiger partial charge is 0.359 e. The fraction of sp³-hybridized carbons (Fsp3) is 0.714. The lowest BCUT2D eigenvalue weighted by molar-refractivity contribution is 0.179. The fourth-order valence-corrected chi connectivity index (χ4v) is 2.35. The SMILES string of the molecule is CCc1cc([C@H]2CCCN2C(=O)N[C@H](C)CC)on1. The average Bonchev–Trinajstić information content (AvgIpc) is 3.06. The van der Waals surface area contributed by atoms with Gasteiger partial charge in [0.1, 0.15) is 0 Å². The number of carbonyl (C=O) groups is 1. The molecule has 0 spiro atoms. The Bertz CT molecular complexity index is 430. The van der Waals surface area contributed by atoms with Crippen LogP contribution in [0.1, 0.15) is 57.5 Å². The van der Waals surface area contributed by atoms with E-state index >= 15 is 0 Å². The van der Waals surface area contributed by atoms with Crippen LogP contribution in [-0.4, -0.2) is 28.7 Å². The van der Waals surface area contributed by atoms with Gasteiger partial charge in [0.15, 0.2) is 5.76 Å². The molecule has 0 bridgehead atoms. The molecule has 0 unspecified atom stereocenters. The highest BCUT2D eigenvalue weighted by molar-refractivity contribution is 5.75. The van der Waals surface area contributed by atoms with Crippen molar-refractivity contribution < 1.29 is 9.32 Å². The minimum absolute atomic E-state index is 0.00583. The fourth-order valence-electron chi connectivity index (χ4n) is 2.35. The second-order valence-corrected chi connectivity index (χ2v) is 5.18. The lowest BCUT2D eigenvalue weighted by Crippen LogP contribution is -2.43. The number of amides is 2. The number of hydrogen-bond donors (Lipinski definition) is 1. The van der Waals surface area contributed by atoms with E-state index in [1.165, 1.54) is 0 Å². The van der Waals surface area contributed by atoms with Crippen LogP contribution >= 0.6 is 0 Å². The number of aromatic nitrogens is 1. The molecule has 0 aliphatic carbocycles.